The predicted molar refractivity (Wildman–Crippen MR) is 103 cm³/mol. The van der Waals surface area contributed by atoms with Crippen molar-refractivity contribution in [2.75, 3.05) is 27.2 Å². The number of benzene rings is 1. The van der Waals surface area contributed by atoms with Crippen LogP contribution in [0.15, 0.2) is 18.2 Å². The summed E-state index contributed by atoms with van der Waals surface area (Å²) in [5.41, 5.74) is 0.507. The number of carbonyl (C=O) groups excluding carboxylic acids is 2. The van der Waals surface area contributed by atoms with Gasteiger partial charge in [0.2, 0.25) is 11.8 Å². The Kier molecular flexibility index (Phi) is 6.56. The van der Waals surface area contributed by atoms with E-state index in [4.69, 9.17) is 16.3 Å². The van der Waals surface area contributed by atoms with Crippen molar-refractivity contribution in [1.82, 2.24) is 9.80 Å². The molecule has 0 atom stereocenters. The smallest absolute Gasteiger partial charge is 0.227 e. The van der Waals surface area contributed by atoms with E-state index in [-0.39, 0.29) is 23.1 Å². The van der Waals surface area contributed by atoms with E-state index in [0.717, 1.165) is 11.3 Å². The molecule has 6 heteroatoms. The molecule has 0 N–H and O–H groups in total. The van der Waals surface area contributed by atoms with Crippen molar-refractivity contribution in [2.45, 2.75) is 40.2 Å². The van der Waals surface area contributed by atoms with Crippen LogP contribution in [0.25, 0.3) is 0 Å². The van der Waals surface area contributed by atoms with Gasteiger partial charge in [0.1, 0.15) is 5.75 Å². The van der Waals surface area contributed by atoms with Crippen molar-refractivity contribution in [3.63, 3.8) is 0 Å². The molecule has 0 radical (unpaired) electrons. The SMILES string of the molecule is COc1ccc(Cl)cc1CN(C)C(=O)C1CCN(C(=O)C(C)(C)C)CC1. The lowest BCUT2D eigenvalue weighted by Gasteiger charge is -2.36. The van der Waals surface area contributed by atoms with E-state index in [9.17, 15) is 9.59 Å². The third-order valence-electron chi connectivity index (χ3n) is 4.80. The molecule has 144 valence electrons. The van der Waals surface area contributed by atoms with Crippen LogP contribution in [0.1, 0.15) is 39.2 Å². The molecule has 1 aliphatic rings. The van der Waals surface area contributed by atoms with Crippen molar-refractivity contribution >= 4 is 23.4 Å². The van der Waals surface area contributed by atoms with Crippen LogP contribution in [0.4, 0.5) is 0 Å². The number of piperidine rings is 1. The second-order valence-corrected chi connectivity index (χ2v) is 8.40. The molecule has 0 unspecified atom stereocenters. The Hall–Kier alpha value is -1.75. The number of methoxy groups -OCH3 is 1. The monoisotopic (exact) mass is 380 g/mol. The zero-order chi connectivity index (χ0) is 19.5. The molecular formula is C20H29ClN2O3. The molecule has 0 aliphatic carbocycles. The zero-order valence-corrected chi connectivity index (χ0v) is 17.1. The largest absolute Gasteiger partial charge is 0.496 e. The Morgan fingerprint density at radius 1 is 1.27 bits per heavy atom. The van der Waals surface area contributed by atoms with Gasteiger partial charge in [-0.25, -0.2) is 0 Å². The molecule has 0 bridgehead atoms. The summed E-state index contributed by atoms with van der Waals surface area (Å²) in [7, 11) is 3.41. The van der Waals surface area contributed by atoms with E-state index in [2.05, 4.69) is 0 Å². The third kappa shape index (κ3) is 4.91. The molecule has 1 aromatic rings. The number of ether oxygens (including phenoxy) is 1. The Bertz CT molecular complexity index is 662. The molecule has 5 nitrogen and oxygen atoms in total. The van der Waals surface area contributed by atoms with E-state index < -0.39 is 0 Å². The van der Waals surface area contributed by atoms with Crippen molar-refractivity contribution in [2.24, 2.45) is 11.3 Å². The molecule has 1 heterocycles. The molecule has 0 spiro atoms. The first-order valence-corrected chi connectivity index (χ1v) is 9.38. The molecule has 1 fully saturated rings. The van der Waals surface area contributed by atoms with Gasteiger partial charge in [-0.1, -0.05) is 32.4 Å². The Morgan fingerprint density at radius 2 is 1.88 bits per heavy atom. The summed E-state index contributed by atoms with van der Waals surface area (Å²) in [6.45, 7) is 7.52. The van der Waals surface area contributed by atoms with Gasteiger partial charge < -0.3 is 14.5 Å². The number of nitrogens with zero attached hydrogens (tertiary/aromatic N) is 2. The zero-order valence-electron chi connectivity index (χ0n) is 16.3. The van der Waals surface area contributed by atoms with E-state index in [1.54, 1.807) is 25.1 Å². The number of likely N-dealkylation sites (tertiary alicyclic amines) is 1. The second-order valence-electron chi connectivity index (χ2n) is 7.97. The number of hydrogen-bond donors (Lipinski definition) is 0. The Balaban J connectivity index is 1.96. The molecule has 2 amide bonds. The summed E-state index contributed by atoms with van der Waals surface area (Å²) in [6.07, 6.45) is 1.41. The summed E-state index contributed by atoms with van der Waals surface area (Å²) < 4.78 is 5.36. The first kappa shape index (κ1) is 20.6. The maximum atomic E-state index is 12.8. The van der Waals surface area contributed by atoms with Gasteiger partial charge >= 0.3 is 0 Å². The highest BCUT2D eigenvalue weighted by atomic mass is 35.5. The maximum absolute atomic E-state index is 12.8. The number of carbonyl (C=O) groups is 2. The summed E-state index contributed by atoms with van der Waals surface area (Å²) in [4.78, 5) is 28.8. The fourth-order valence-electron chi connectivity index (χ4n) is 3.32. The van der Waals surface area contributed by atoms with Gasteiger partial charge in [0.15, 0.2) is 0 Å². The van der Waals surface area contributed by atoms with E-state index in [0.29, 0.717) is 37.5 Å². The van der Waals surface area contributed by atoms with Gasteiger partial charge in [-0.05, 0) is 31.0 Å². The number of amides is 2. The van der Waals surface area contributed by atoms with Crippen molar-refractivity contribution in [1.29, 1.82) is 0 Å². The van der Waals surface area contributed by atoms with E-state index in [1.165, 1.54) is 0 Å². The van der Waals surface area contributed by atoms with Gasteiger partial charge in [-0.2, -0.15) is 0 Å². The lowest BCUT2D eigenvalue weighted by molar-refractivity contribution is -0.144. The van der Waals surface area contributed by atoms with Crippen LogP contribution < -0.4 is 4.74 Å². The molecular weight excluding hydrogens is 352 g/mol. The topological polar surface area (TPSA) is 49.9 Å². The number of halogens is 1. The minimum Gasteiger partial charge on any atom is -0.496 e. The van der Waals surface area contributed by atoms with Gasteiger partial charge in [0.05, 0.1) is 7.11 Å². The van der Waals surface area contributed by atoms with Gasteiger partial charge in [0, 0.05) is 48.6 Å². The quantitative estimate of drug-likeness (QED) is 0.802. The first-order valence-electron chi connectivity index (χ1n) is 9.00. The molecule has 0 aromatic heterocycles. The summed E-state index contributed by atoms with van der Waals surface area (Å²) in [5, 5.41) is 0.621. The highest BCUT2D eigenvalue weighted by Gasteiger charge is 2.33. The summed E-state index contributed by atoms with van der Waals surface area (Å²) in [5.74, 6) is 0.934. The lowest BCUT2D eigenvalue weighted by Crippen LogP contribution is -2.46. The predicted octanol–water partition coefficient (Wildman–Crippen LogP) is 3.59. The molecule has 0 saturated carbocycles. The summed E-state index contributed by atoms with van der Waals surface area (Å²) in [6, 6.07) is 5.41. The van der Waals surface area contributed by atoms with Gasteiger partial charge in [-0.3, -0.25) is 9.59 Å². The minimum atomic E-state index is -0.378. The van der Waals surface area contributed by atoms with Crippen LogP contribution in [0.5, 0.6) is 5.75 Å². The van der Waals surface area contributed by atoms with Crippen molar-refractivity contribution in [3.8, 4) is 5.75 Å². The normalized spacial score (nSPS) is 15.7. The first-order chi connectivity index (χ1) is 12.1. The van der Waals surface area contributed by atoms with Crippen LogP contribution in [0.2, 0.25) is 5.02 Å². The number of hydrogen-bond acceptors (Lipinski definition) is 3. The van der Waals surface area contributed by atoms with E-state index >= 15 is 0 Å². The Labute approximate surface area is 161 Å². The standard InChI is InChI=1S/C20H29ClN2O3/c1-20(2,3)19(25)23-10-8-14(9-11-23)18(24)22(4)13-15-12-16(21)6-7-17(15)26-5/h6-7,12,14H,8-11,13H2,1-5H3. The summed E-state index contributed by atoms with van der Waals surface area (Å²) >= 11 is 6.07. The fourth-order valence-corrected chi connectivity index (χ4v) is 3.51. The van der Waals surface area contributed by atoms with Crippen LogP contribution >= 0.6 is 11.6 Å². The highest BCUT2D eigenvalue weighted by molar-refractivity contribution is 6.30. The van der Waals surface area contributed by atoms with Crippen LogP contribution in [0.3, 0.4) is 0 Å². The van der Waals surface area contributed by atoms with Gasteiger partial charge in [0.25, 0.3) is 0 Å². The maximum Gasteiger partial charge on any atom is 0.227 e. The van der Waals surface area contributed by atoms with Crippen molar-refractivity contribution < 1.29 is 14.3 Å². The second kappa shape index (κ2) is 8.30. The van der Waals surface area contributed by atoms with Crippen LogP contribution in [-0.4, -0.2) is 48.9 Å². The highest BCUT2D eigenvalue weighted by Crippen LogP contribution is 2.27. The molecule has 1 saturated heterocycles. The molecule has 1 aromatic carbocycles. The van der Waals surface area contributed by atoms with Gasteiger partial charge in [-0.15, -0.1) is 0 Å². The Morgan fingerprint density at radius 3 is 2.42 bits per heavy atom. The lowest BCUT2D eigenvalue weighted by atomic mass is 9.90. The fraction of sp³-hybridized carbons (Fsp3) is 0.600. The molecule has 26 heavy (non-hydrogen) atoms. The third-order valence-corrected chi connectivity index (χ3v) is 5.03. The van der Waals surface area contributed by atoms with Crippen LogP contribution in [-0.2, 0) is 16.1 Å². The average Bonchev–Trinajstić information content (AvgIpc) is 2.60. The molecule has 1 aliphatic heterocycles. The minimum absolute atomic E-state index is 0.0470. The van der Waals surface area contributed by atoms with E-state index in [1.807, 2.05) is 37.8 Å². The van der Waals surface area contributed by atoms with Crippen LogP contribution in [0, 0.1) is 11.3 Å². The van der Waals surface area contributed by atoms with Crippen molar-refractivity contribution in [3.05, 3.63) is 28.8 Å². The molecule has 2 rings (SSSR count). The number of rotatable bonds is 4. The average molecular weight is 381 g/mol.